The highest BCUT2D eigenvalue weighted by atomic mass is 79.9. The van der Waals surface area contributed by atoms with Crippen LogP contribution in [0.2, 0.25) is 0 Å². The third-order valence-electron chi connectivity index (χ3n) is 9.16. The van der Waals surface area contributed by atoms with Crippen LogP contribution in [0.25, 0.3) is 0 Å². The van der Waals surface area contributed by atoms with Gasteiger partial charge in [0.15, 0.2) is 0 Å². The summed E-state index contributed by atoms with van der Waals surface area (Å²) < 4.78 is 0. The lowest BCUT2D eigenvalue weighted by molar-refractivity contribution is -0.127. The molecule has 2 heteroatoms. The fraction of sp³-hybridized carbons (Fsp3) is 0.955. The van der Waals surface area contributed by atoms with Crippen LogP contribution in [0.15, 0.2) is 0 Å². The Balaban J connectivity index is 1.52. The van der Waals surface area contributed by atoms with Gasteiger partial charge in [-0.2, -0.15) is 0 Å². The Hall–Kier alpha value is 0.150. The van der Waals surface area contributed by atoms with Gasteiger partial charge in [-0.3, -0.25) is 4.79 Å². The van der Waals surface area contributed by atoms with Crippen LogP contribution in [-0.4, -0.2) is 11.1 Å². The molecular weight excluding hydrogens is 360 g/mol. The first-order valence-electron chi connectivity index (χ1n) is 10.7. The normalized spacial score (nSPS) is 50.7. The van der Waals surface area contributed by atoms with Gasteiger partial charge in [0.25, 0.3) is 0 Å². The monoisotopic (exact) mass is 394 g/mol. The number of rotatable bonds is 3. The largest absolute Gasteiger partial charge is 0.298 e. The van der Waals surface area contributed by atoms with E-state index in [2.05, 4.69) is 29.8 Å². The summed E-state index contributed by atoms with van der Waals surface area (Å²) >= 11 is 3.44. The standard InChI is InChI=1S/C22H35BrO/c1-3-14-4-6-16-15(12-14)5-7-18-17(16)10-11-22(2)19(18)8-9-20(22)21(24)13-23/h14-20H,3-13H2,1-2H3/t14?,15?,16-,17?,18?,19?,20+,22?/m0/s1. The van der Waals surface area contributed by atoms with Crippen LogP contribution in [0.3, 0.4) is 0 Å². The van der Waals surface area contributed by atoms with E-state index in [0.717, 1.165) is 35.5 Å². The number of hydrogen-bond donors (Lipinski definition) is 0. The molecule has 0 heterocycles. The first kappa shape index (κ1) is 17.6. The minimum atomic E-state index is 0.319. The summed E-state index contributed by atoms with van der Waals surface area (Å²) in [6, 6.07) is 0. The lowest BCUT2D eigenvalue weighted by Gasteiger charge is -2.56. The average Bonchev–Trinajstić information content (AvgIpc) is 2.97. The van der Waals surface area contributed by atoms with E-state index in [0.29, 0.717) is 22.4 Å². The Labute approximate surface area is 156 Å². The first-order chi connectivity index (χ1) is 11.6. The number of ketones is 1. The van der Waals surface area contributed by atoms with E-state index in [1.165, 1.54) is 64.2 Å². The van der Waals surface area contributed by atoms with E-state index in [1.807, 2.05) is 0 Å². The topological polar surface area (TPSA) is 17.1 Å². The van der Waals surface area contributed by atoms with Gasteiger partial charge in [0.1, 0.15) is 5.78 Å². The number of hydrogen-bond acceptors (Lipinski definition) is 1. The number of Topliss-reactive ketones (excluding diaryl/α,β-unsaturated/α-hetero) is 1. The van der Waals surface area contributed by atoms with Crippen molar-refractivity contribution in [3.05, 3.63) is 0 Å². The zero-order chi connectivity index (χ0) is 16.9. The highest BCUT2D eigenvalue weighted by molar-refractivity contribution is 9.09. The Morgan fingerprint density at radius 2 is 1.79 bits per heavy atom. The number of fused-ring (bicyclic) bond motifs is 5. The molecule has 0 radical (unpaired) electrons. The van der Waals surface area contributed by atoms with Crippen LogP contribution >= 0.6 is 15.9 Å². The molecule has 4 saturated carbocycles. The quantitative estimate of drug-likeness (QED) is 0.517. The Kier molecular flexibility index (Phi) is 4.91. The van der Waals surface area contributed by atoms with Crippen molar-refractivity contribution in [3.8, 4) is 0 Å². The van der Waals surface area contributed by atoms with Crippen LogP contribution in [0.5, 0.6) is 0 Å². The van der Waals surface area contributed by atoms with Gasteiger partial charge >= 0.3 is 0 Å². The molecule has 4 fully saturated rings. The number of halogens is 1. The van der Waals surface area contributed by atoms with Crippen molar-refractivity contribution in [2.75, 3.05) is 5.33 Å². The summed E-state index contributed by atoms with van der Waals surface area (Å²) in [4.78, 5) is 12.5. The van der Waals surface area contributed by atoms with Crippen molar-refractivity contribution < 1.29 is 4.79 Å². The molecule has 8 atom stereocenters. The maximum Gasteiger partial charge on any atom is 0.147 e. The van der Waals surface area contributed by atoms with Crippen molar-refractivity contribution in [2.24, 2.45) is 46.8 Å². The second-order valence-electron chi connectivity index (χ2n) is 9.80. The summed E-state index contributed by atoms with van der Waals surface area (Å²) in [6.45, 7) is 4.87. The highest BCUT2D eigenvalue weighted by Crippen LogP contribution is 2.64. The lowest BCUT2D eigenvalue weighted by Crippen LogP contribution is -2.49. The average molecular weight is 395 g/mol. The molecule has 0 aromatic rings. The number of carbonyl (C=O) groups excluding carboxylic acids is 1. The third-order valence-corrected chi connectivity index (χ3v) is 9.71. The molecule has 0 spiro atoms. The van der Waals surface area contributed by atoms with Gasteiger partial charge in [-0.25, -0.2) is 0 Å². The van der Waals surface area contributed by atoms with Crippen molar-refractivity contribution in [1.82, 2.24) is 0 Å². The highest BCUT2D eigenvalue weighted by Gasteiger charge is 2.58. The minimum Gasteiger partial charge on any atom is -0.298 e. The predicted octanol–water partition coefficient (Wildman–Crippen LogP) is 6.25. The number of carbonyl (C=O) groups is 1. The van der Waals surface area contributed by atoms with Gasteiger partial charge in [-0.15, -0.1) is 0 Å². The summed E-state index contributed by atoms with van der Waals surface area (Å²) in [5, 5.41) is 0.567. The molecular formula is C22H35BrO. The lowest BCUT2D eigenvalue weighted by atomic mass is 9.49. The maximum absolute atomic E-state index is 12.5. The third kappa shape index (κ3) is 2.65. The molecule has 0 aromatic carbocycles. The van der Waals surface area contributed by atoms with Crippen molar-refractivity contribution in [2.45, 2.75) is 78.1 Å². The van der Waals surface area contributed by atoms with E-state index in [4.69, 9.17) is 0 Å². The van der Waals surface area contributed by atoms with E-state index in [1.54, 1.807) is 0 Å². The van der Waals surface area contributed by atoms with E-state index in [9.17, 15) is 4.79 Å². The molecule has 4 rings (SSSR count). The molecule has 24 heavy (non-hydrogen) atoms. The zero-order valence-electron chi connectivity index (χ0n) is 15.6. The van der Waals surface area contributed by atoms with Gasteiger partial charge in [0.2, 0.25) is 0 Å². The second-order valence-corrected chi connectivity index (χ2v) is 10.4. The SMILES string of the molecule is CCC1CC[C@H]2C(CCC3C2CCC2(C)C3CC[C@@H]2C(=O)CBr)C1. The number of alkyl halides is 1. The summed E-state index contributed by atoms with van der Waals surface area (Å²) in [6.07, 6.45) is 14.1. The first-order valence-corrected chi connectivity index (χ1v) is 11.8. The van der Waals surface area contributed by atoms with Crippen molar-refractivity contribution >= 4 is 21.7 Å². The Bertz CT molecular complexity index is 488. The van der Waals surface area contributed by atoms with Crippen LogP contribution in [0, 0.1) is 46.8 Å². The molecule has 0 aromatic heterocycles. The molecule has 4 aliphatic carbocycles. The van der Waals surface area contributed by atoms with E-state index >= 15 is 0 Å². The van der Waals surface area contributed by atoms with Crippen LogP contribution in [-0.2, 0) is 4.79 Å². The zero-order valence-corrected chi connectivity index (χ0v) is 17.2. The fourth-order valence-electron chi connectivity index (χ4n) is 7.94. The van der Waals surface area contributed by atoms with E-state index < -0.39 is 0 Å². The molecule has 0 aliphatic heterocycles. The minimum absolute atomic E-state index is 0.319. The van der Waals surface area contributed by atoms with Crippen molar-refractivity contribution in [1.29, 1.82) is 0 Å². The Morgan fingerprint density at radius 1 is 1.00 bits per heavy atom. The predicted molar refractivity (Wildman–Crippen MR) is 103 cm³/mol. The van der Waals surface area contributed by atoms with Crippen molar-refractivity contribution in [3.63, 3.8) is 0 Å². The summed E-state index contributed by atoms with van der Waals surface area (Å²) in [5.74, 6) is 6.69. The smallest absolute Gasteiger partial charge is 0.147 e. The maximum atomic E-state index is 12.5. The Morgan fingerprint density at radius 3 is 2.54 bits per heavy atom. The van der Waals surface area contributed by atoms with Gasteiger partial charge in [0.05, 0.1) is 5.33 Å². The fourth-order valence-corrected chi connectivity index (χ4v) is 8.33. The summed E-state index contributed by atoms with van der Waals surface area (Å²) in [5.41, 5.74) is 0.319. The molecule has 0 saturated heterocycles. The molecule has 1 nitrogen and oxygen atoms in total. The molecule has 4 aliphatic rings. The van der Waals surface area contributed by atoms with Gasteiger partial charge in [-0.1, -0.05) is 42.6 Å². The molecule has 6 unspecified atom stereocenters. The van der Waals surface area contributed by atoms with Gasteiger partial charge in [0, 0.05) is 5.92 Å². The second kappa shape index (κ2) is 6.71. The van der Waals surface area contributed by atoms with Gasteiger partial charge < -0.3 is 0 Å². The van der Waals surface area contributed by atoms with Crippen LogP contribution in [0.4, 0.5) is 0 Å². The molecule has 0 bridgehead atoms. The molecule has 0 N–H and O–H groups in total. The van der Waals surface area contributed by atoms with Gasteiger partial charge in [-0.05, 0) is 92.3 Å². The molecule has 136 valence electrons. The summed E-state index contributed by atoms with van der Waals surface area (Å²) in [7, 11) is 0. The van der Waals surface area contributed by atoms with Crippen LogP contribution in [0.1, 0.15) is 78.1 Å². The van der Waals surface area contributed by atoms with Crippen LogP contribution < -0.4 is 0 Å². The van der Waals surface area contributed by atoms with E-state index in [-0.39, 0.29) is 0 Å². The molecule has 0 amide bonds.